The molecule has 0 aliphatic carbocycles. The number of nitrogens with zero attached hydrogens (tertiary/aromatic N) is 4. The van der Waals surface area contributed by atoms with Gasteiger partial charge in [0.15, 0.2) is 0 Å². The fourth-order valence-electron chi connectivity index (χ4n) is 3.58. The van der Waals surface area contributed by atoms with E-state index in [1.807, 2.05) is 4.90 Å². The Morgan fingerprint density at radius 2 is 2.14 bits per heavy atom. The van der Waals surface area contributed by atoms with E-state index in [0.717, 1.165) is 26.1 Å². The van der Waals surface area contributed by atoms with Gasteiger partial charge in [-0.05, 0) is 19.0 Å². The number of rotatable bonds is 3. The molecule has 1 aromatic heterocycles. The first-order valence-corrected chi connectivity index (χ1v) is 7.57. The summed E-state index contributed by atoms with van der Waals surface area (Å²) in [6.07, 6.45) is 4.36. The van der Waals surface area contributed by atoms with E-state index < -0.39 is 0 Å². The van der Waals surface area contributed by atoms with Gasteiger partial charge in [-0.15, -0.1) is 0 Å². The van der Waals surface area contributed by atoms with Gasteiger partial charge in [0.05, 0.1) is 12.1 Å². The van der Waals surface area contributed by atoms with Gasteiger partial charge in [-0.3, -0.25) is 4.79 Å². The number of carbonyl (C=O) groups excluding carboxylic acids is 1. The van der Waals surface area contributed by atoms with Gasteiger partial charge in [-0.25, -0.2) is 9.97 Å². The molecule has 3 rings (SSSR count). The Morgan fingerprint density at radius 3 is 2.81 bits per heavy atom. The first-order valence-electron chi connectivity index (χ1n) is 7.57. The zero-order valence-electron chi connectivity index (χ0n) is 12.6. The molecule has 1 aromatic rings. The Morgan fingerprint density at radius 1 is 1.38 bits per heavy atom. The molecule has 114 valence electrons. The number of aromatic nitrogens is 2. The zero-order valence-corrected chi connectivity index (χ0v) is 12.6. The normalized spacial score (nSPS) is 29.4. The number of likely N-dealkylation sites (N-methyl/N-ethyl adjacent to an activating group) is 1. The third-order valence-electron chi connectivity index (χ3n) is 4.71. The van der Waals surface area contributed by atoms with E-state index in [4.69, 9.17) is 4.74 Å². The van der Waals surface area contributed by atoms with Crippen LogP contribution in [0.1, 0.15) is 24.0 Å². The number of fused-ring (bicyclic) bond motifs is 1. The summed E-state index contributed by atoms with van der Waals surface area (Å²) in [5.41, 5.74) is 0. The van der Waals surface area contributed by atoms with Crippen molar-refractivity contribution in [2.24, 2.45) is 5.92 Å². The number of carbonyl (C=O) groups is 1. The summed E-state index contributed by atoms with van der Waals surface area (Å²) >= 11 is 0. The van der Waals surface area contributed by atoms with Crippen molar-refractivity contribution in [3.8, 4) is 0 Å². The molecule has 21 heavy (non-hydrogen) atoms. The molecule has 0 saturated carbocycles. The van der Waals surface area contributed by atoms with E-state index in [1.165, 1.54) is 0 Å². The van der Waals surface area contributed by atoms with Crippen molar-refractivity contribution in [2.75, 3.05) is 33.3 Å². The summed E-state index contributed by atoms with van der Waals surface area (Å²) in [5.74, 6) is 0.622. The van der Waals surface area contributed by atoms with Crippen molar-refractivity contribution >= 4 is 5.91 Å². The number of ether oxygens (including phenoxy) is 1. The Kier molecular flexibility index (Phi) is 4.17. The highest BCUT2D eigenvalue weighted by atomic mass is 16.5. The van der Waals surface area contributed by atoms with Gasteiger partial charge in [0.2, 0.25) is 5.82 Å². The fourth-order valence-corrected chi connectivity index (χ4v) is 3.58. The summed E-state index contributed by atoms with van der Waals surface area (Å²) in [6.45, 7) is 5.80. The Hall–Kier alpha value is -1.53. The van der Waals surface area contributed by atoms with Crippen LogP contribution in [0.15, 0.2) is 18.5 Å². The van der Waals surface area contributed by atoms with Gasteiger partial charge in [0.1, 0.15) is 0 Å². The molecule has 0 N–H and O–H groups in total. The lowest BCUT2D eigenvalue weighted by Crippen LogP contribution is -2.53. The van der Waals surface area contributed by atoms with Gasteiger partial charge in [0.25, 0.3) is 5.91 Å². The molecular formula is C15H22N4O2. The number of likely N-dealkylation sites (tertiary alicyclic amines) is 2. The molecule has 2 saturated heterocycles. The van der Waals surface area contributed by atoms with Gasteiger partial charge in [0, 0.05) is 45.1 Å². The third-order valence-corrected chi connectivity index (χ3v) is 4.71. The van der Waals surface area contributed by atoms with Gasteiger partial charge < -0.3 is 14.5 Å². The first kappa shape index (κ1) is 14.4. The molecule has 6 heteroatoms. The molecule has 2 aliphatic rings. The molecule has 1 amide bonds. The van der Waals surface area contributed by atoms with E-state index in [2.05, 4.69) is 21.8 Å². The second-order valence-electron chi connectivity index (χ2n) is 5.72. The maximum Gasteiger partial charge on any atom is 0.291 e. The SMILES string of the molecule is CCN1C[C@H]2[C@@H](OC)CCN(C(=O)c3ncccn3)[C@H]2C1. The molecule has 3 heterocycles. The molecule has 2 aliphatic heterocycles. The summed E-state index contributed by atoms with van der Waals surface area (Å²) in [5, 5.41) is 0. The molecule has 0 radical (unpaired) electrons. The lowest BCUT2D eigenvalue weighted by Gasteiger charge is -2.40. The molecule has 3 atom stereocenters. The third kappa shape index (κ3) is 2.65. The molecular weight excluding hydrogens is 268 g/mol. The van der Waals surface area contributed by atoms with Crippen molar-refractivity contribution in [3.05, 3.63) is 24.3 Å². The lowest BCUT2D eigenvalue weighted by molar-refractivity contribution is -0.0160. The standard InChI is InChI=1S/C15H22N4O2/c1-3-18-9-11-12(10-18)19(8-5-13(11)21-2)15(20)14-16-6-4-7-17-14/h4,6-7,11-13H,3,5,8-10H2,1-2H3/t11-,12+,13+/m1/s1. The van der Waals surface area contributed by atoms with Crippen molar-refractivity contribution < 1.29 is 9.53 Å². The molecule has 0 bridgehead atoms. The van der Waals surface area contributed by atoms with Gasteiger partial charge >= 0.3 is 0 Å². The summed E-state index contributed by atoms with van der Waals surface area (Å²) in [4.78, 5) is 25.2. The minimum Gasteiger partial charge on any atom is -0.381 e. The summed E-state index contributed by atoms with van der Waals surface area (Å²) in [7, 11) is 1.77. The fraction of sp³-hybridized carbons (Fsp3) is 0.667. The number of methoxy groups -OCH3 is 1. The lowest BCUT2D eigenvalue weighted by atomic mass is 9.89. The van der Waals surface area contributed by atoms with Crippen LogP contribution in [-0.4, -0.2) is 71.1 Å². The predicted molar refractivity (Wildman–Crippen MR) is 77.9 cm³/mol. The van der Waals surface area contributed by atoms with Crippen molar-refractivity contribution in [3.63, 3.8) is 0 Å². The van der Waals surface area contributed by atoms with Crippen molar-refractivity contribution in [1.82, 2.24) is 19.8 Å². The minimum atomic E-state index is -0.0573. The topological polar surface area (TPSA) is 58.6 Å². The highest BCUT2D eigenvalue weighted by molar-refractivity contribution is 5.90. The highest BCUT2D eigenvalue weighted by Crippen LogP contribution is 2.32. The van der Waals surface area contributed by atoms with Crippen molar-refractivity contribution in [1.29, 1.82) is 0 Å². The van der Waals surface area contributed by atoms with Crippen LogP contribution in [-0.2, 0) is 4.74 Å². The number of hydrogen-bond donors (Lipinski definition) is 0. The van der Waals surface area contributed by atoms with Crippen molar-refractivity contribution in [2.45, 2.75) is 25.5 Å². The second-order valence-corrected chi connectivity index (χ2v) is 5.72. The second kappa shape index (κ2) is 6.07. The van der Waals surface area contributed by atoms with Gasteiger partial charge in [-0.2, -0.15) is 0 Å². The molecule has 6 nitrogen and oxygen atoms in total. The molecule has 2 fully saturated rings. The van der Waals surface area contributed by atoms with Crippen LogP contribution in [0.5, 0.6) is 0 Å². The Balaban J connectivity index is 1.81. The average molecular weight is 290 g/mol. The van der Waals surface area contributed by atoms with Gasteiger partial charge in [-0.1, -0.05) is 6.92 Å². The average Bonchev–Trinajstić information content (AvgIpc) is 2.98. The molecule has 0 spiro atoms. The summed E-state index contributed by atoms with van der Waals surface area (Å²) in [6, 6.07) is 1.94. The van der Waals surface area contributed by atoms with Crippen LogP contribution >= 0.6 is 0 Å². The Labute approximate surface area is 125 Å². The van der Waals surface area contributed by atoms with E-state index in [1.54, 1.807) is 25.6 Å². The molecule has 0 aromatic carbocycles. The summed E-state index contributed by atoms with van der Waals surface area (Å²) < 4.78 is 5.64. The van der Waals surface area contributed by atoms with Crippen LogP contribution in [0, 0.1) is 5.92 Å². The first-order chi connectivity index (χ1) is 10.2. The maximum atomic E-state index is 12.7. The smallest absolute Gasteiger partial charge is 0.291 e. The van der Waals surface area contributed by atoms with Crippen LogP contribution in [0.3, 0.4) is 0 Å². The number of amides is 1. The highest BCUT2D eigenvalue weighted by Gasteiger charge is 2.46. The molecule has 0 unspecified atom stereocenters. The van der Waals surface area contributed by atoms with Crippen LogP contribution < -0.4 is 0 Å². The van der Waals surface area contributed by atoms with E-state index in [0.29, 0.717) is 18.3 Å². The number of piperidine rings is 1. The predicted octanol–water partition coefficient (Wildman–Crippen LogP) is 0.658. The van der Waals surface area contributed by atoms with E-state index >= 15 is 0 Å². The van der Waals surface area contributed by atoms with E-state index in [-0.39, 0.29) is 18.1 Å². The minimum absolute atomic E-state index is 0.0573. The van der Waals surface area contributed by atoms with Crippen LogP contribution in [0.4, 0.5) is 0 Å². The largest absolute Gasteiger partial charge is 0.381 e. The maximum absolute atomic E-state index is 12.7. The number of hydrogen-bond acceptors (Lipinski definition) is 5. The zero-order chi connectivity index (χ0) is 14.8. The van der Waals surface area contributed by atoms with Crippen LogP contribution in [0.25, 0.3) is 0 Å². The van der Waals surface area contributed by atoms with E-state index in [9.17, 15) is 4.79 Å². The monoisotopic (exact) mass is 290 g/mol. The van der Waals surface area contributed by atoms with Crippen LogP contribution in [0.2, 0.25) is 0 Å². The Bertz CT molecular complexity index is 496. The quantitative estimate of drug-likeness (QED) is 0.818.